The number of esters is 1. The molecule has 0 bridgehead atoms. The molecule has 1 saturated carbocycles. The minimum atomic E-state index is -0.718. The standard InChI is InChI=1S/C21H29NO3/c1-4-25-19(24)18(23)22-14-16-10-6-7-11-17(16)20(2,3)15-21(22)12-8-5-9-13-21/h6-7,10-11H,4-5,8-9,12-15H2,1-3H3. The molecule has 2 aliphatic rings. The number of rotatable bonds is 1. The Morgan fingerprint density at radius 1 is 1.12 bits per heavy atom. The summed E-state index contributed by atoms with van der Waals surface area (Å²) in [6, 6.07) is 8.34. The SMILES string of the molecule is CCOC(=O)C(=O)N1Cc2ccccc2C(C)(C)CC12CCCCC2. The van der Waals surface area contributed by atoms with Crippen molar-refractivity contribution in [1.82, 2.24) is 4.90 Å². The number of hydrogen-bond acceptors (Lipinski definition) is 3. The highest BCUT2D eigenvalue weighted by atomic mass is 16.5. The van der Waals surface area contributed by atoms with Crippen LogP contribution in [0, 0.1) is 0 Å². The fourth-order valence-electron chi connectivity index (χ4n) is 4.92. The molecule has 1 aromatic carbocycles. The molecular weight excluding hydrogens is 314 g/mol. The molecule has 1 aromatic rings. The molecule has 0 N–H and O–H groups in total. The summed E-state index contributed by atoms with van der Waals surface area (Å²) in [5.74, 6) is -1.19. The van der Waals surface area contributed by atoms with Gasteiger partial charge in [-0.15, -0.1) is 0 Å². The Morgan fingerprint density at radius 2 is 1.80 bits per heavy atom. The molecule has 25 heavy (non-hydrogen) atoms. The molecule has 0 unspecified atom stereocenters. The summed E-state index contributed by atoms with van der Waals surface area (Å²) in [6.45, 7) is 6.99. The zero-order valence-electron chi connectivity index (χ0n) is 15.6. The molecule has 1 spiro atoms. The predicted molar refractivity (Wildman–Crippen MR) is 97.1 cm³/mol. The number of carbonyl (C=O) groups excluding carboxylic acids is 2. The van der Waals surface area contributed by atoms with Gasteiger partial charge in [-0.05, 0) is 42.7 Å². The van der Waals surface area contributed by atoms with E-state index in [2.05, 4.69) is 32.0 Å². The van der Waals surface area contributed by atoms with Crippen molar-refractivity contribution in [3.8, 4) is 0 Å². The molecule has 0 aromatic heterocycles. The fourth-order valence-corrected chi connectivity index (χ4v) is 4.92. The first-order valence-electron chi connectivity index (χ1n) is 9.47. The van der Waals surface area contributed by atoms with Crippen molar-refractivity contribution in [1.29, 1.82) is 0 Å². The van der Waals surface area contributed by atoms with E-state index in [4.69, 9.17) is 4.74 Å². The van der Waals surface area contributed by atoms with Crippen molar-refractivity contribution in [3.63, 3.8) is 0 Å². The van der Waals surface area contributed by atoms with Gasteiger partial charge in [0.15, 0.2) is 0 Å². The molecule has 1 amide bonds. The number of nitrogens with zero attached hydrogens (tertiary/aromatic N) is 1. The van der Waals surface area contributed by atoms with Crippen molar-refractivity contribution < 1.29 is 14.3 Å². The second-order valence-electron chi connectivity index (χ2n) is 8.11. The van der Waals surface area contributed by atoms with Crippen LogP contribution in [0.4, 0.5) is 0 Å². The highest BCUT2D eigenvalue weighted by Gasteiger charge is 2.48. The van der Waals surface area contributed by atoms with Gasteiger partial charge in [0.05, 0.1) is 6.61 Å². The quantitative estimate of drug-likeness (QED) is 0.573. The minimum absolute atomic E-state index is 0.0301. The van der Waals surface area contributed by atoms with Crippen LogP contribution in [-0.4, -0.2) is 28.9 Å². The van der Waals surface area contributed by atoms with Crippen LogP contribution in [0.5, 0.6) is 0 Å². The molecule has 4 heteroatoms. The third kappa shape index (κ3) is 3.31. The summed E-state index contributed by atoms with van der Waals surface area (Å²) < 4.78 is 5.04. The van der Waals surface area contributed by atoms with Crippen LogP contribution in [0.25, 0.3) is 0 Å². The van der Waals surface area contributed by atoms with E-state index >= 15 is 0 Å². The zero-order chi connectivity index (χ0) is 18.1. The van der Waals surface area contributed by atoms with Crippen LogP contribution in [-0.2, 0) is 26.3 Å². The number of hydrogen-bond donors (Lipinski definition) is 0. The Morgan fingerprint density at radius 3 is 2.48 bits per heavy atom. The number of fused-ring (bicyclic) bond motifs is 1. The highest BCUT2D eigenvalue weighted by Crippen LogP contribution is 2.47. The number of benzene rings is 1. The van der Waals surface area contributed by atoms with Crippen LogP contribution < -0.4 is 0 Å². The van der Waals surface area contributed by atoms with E-state index in [1.54, 1.807) is 6.92 Å². The lowest BCUT2D eigenvalue weighted by Gasteiger charge is -2.47. The third-order valence-electron chi connectivity index (χ3n) is 5.90. The minimum Gasteiger partial charge on any atom is -0.459 e. The molecule has 1 heterocycles. The first-order valence-corrected chi connectivity index (χ1v) is 9.47. The Kier molecular flexibility index (Phi) is 4.90. The van der Waals surface area contributed by atoms with Gasteiger partial charge in [0, 0.05) is 12.1 Å². The van der Waals surface area contributed by atoms with Gasteiger partial charge in [0.25, 0.3) is 0 Å². The lowest BCUT2D eigenvalue weighted by molar-refractivity contribution is -0.165. The monoisotopic (exact) mass is 343 g/mol. The molecule has 1 fully saturated rings. The summed E-state index contributed by atoms with van der Waals surface area (Å²) in [5.41, 5.74) is 2.16. The van der Waals surface area contributed by atoms with Crippen LogP contribution in [0.1, 0.15) is 70.4 Å². The molecule has 0 radical (unpaired) electrons. The van der Waals surface area contributed by atoms with Crippen molar-refractivity contribution in [3.05, 3.63) is 35.4 Å². The van der Waals surface area contributed by atoms with E-state index in [1.807, 2.05) is 11.0 Å². The summed E-state index contributed by atoms with van der Waals surface area (Å²) in [5, 5.41) is 0. The highest BCUT2D eigenvalue weighted by molar-refractivity contribution is 6.32. The second-order valence-corrected chi connectivity index (χ2v) is 8.11. The number of amides is 1. The molecule has 4 nitrogen and oxygen atoms in total. The molecule has 0 atom stereocenters. The summed E-state index contributed by atoms with van der Waals surface area (Å²) >= 11 is 0. The Labute approximate surface area is 150 Å². The normalized spacial score (nSPS) is 21.3. The topological polar surface area (TPSA) is 46.6 Å². The van der Waals surface area contributed by atoms with E-state index in [-0.39, 0.29) is 17.6 Å². The van der Waals surface area contributed by atoms with Gasteiger partial charge in [-0.2, -0.15) is 0 Å². The lowest BCUT2D eigenvalue weighted by atomic mass is 9.68. The van der Waals surface area contributed by atoms with Crippen LogP contribution in [0.2, 0.25) is 0 Å². The van der Waals surface area contributed by atoms with E-state index in [1.165, 1.54) is 12.0 Å². The largest absolute Gasteiger partial charge is 0.459 e. The second kappa shape index (κ2) is 6.81. The Balaban J connectivity index is 2.06. The molecule has 0 saturated heterocycles. The molecule has 1 aliphatic heterocycles. The summed E-state index contributed by atoms with van der Waals surface area (Å²) in [6.07, 6.45) is 6.25. The van der Waals surface area contributed by atoms with Gasteiger partial charge in [0.2, 0.25) is 0 Å². The zero-order valence-corrected chi connectivity index (χ0v) is 15.6. The average molecular weight is 343 g/mol. The summed E-state index contributed by atoms with van der Waals surface area (Å²) in [7, 11) is 0. The first kappa shape index (κ1) is 18.0. The van der Waals surface area contributed by atoms with Gasteiger partial charge in [-0.25, -0.2) is 4.79 Å². The van der Waals surface area contributed by atoms with Gasteiger partial charge >= 0.3 is 11.9 Å². The maximum Gasteiger partial charge on any atom is 0.397 e. The third-order valence-corrected chi connectivity index (χ3v) is 5.90. The van der Waals surface area contributed by atoms with Crippen molar-refractivity contribution in [2.75, 3.05) is 6.61 Å². The lowest BCUT2D eigenvalue weighted by Crippen LogP contribution is -2.55. The molecular formula is C21H29NO3. The van der Waals surface area contributed by atoms with Crippen LogP contribution in [0.15, 0.2) is 24.3 Å². The first-order chi connectivity index (χ1) is 11.9. The molecule has 3 rings (SSSR count). The van der Waals surface area contributed by atoms with Gasteiger partial charge in [-0.1, -0.05) is 57.4 Å². The Bertz CT molecular complexity index is 659. The van der Waals surface area contributed by atoms with E-state index in [9.17, 15) is 9.59 Å². The number of ether oxygens (including phenoxy) is 1. The summed E-state index contributed by atoms with van der Waals surface area (Å²) in [4.78, 5) is 27.1. The number of carbonyl (C=O) groups is 2. The van der Waals surface area contributed by atoms with Gasteiger partial charge in [0.1, 0.15) is 0 Å². The predicted octanol–water partition coefficient (Wildman–Crippen LogP) is 3.96. The van der Waals surface area contributed by atoms with E-state index in [0.29, 0.717) is 6.54 Å². The fraction of sp³-hybridized carbons (Fsp3) is 0.619. The molecule has 1 aliphatic carbocycles. The van der Waals surface area contributed by atoms with Gasteiger partial charge < -0.3 is 9.64 Å². The van der Waals surface area contributed by atoms with Crippen LogP contribution in [0.3, 0.4) is 0 Å². The molecule has 136 valence electrons. The van der Waals surface area contributed by atoms with Crippen LogP contribution >= 0.6 is 0 Å². The maximum absolute atomic E-state index is 13.0. The van der Waals surface area contributed by atoms with Gasteiger partial charge in [-0.3, -0.25) is 4.79 Å². The average Bonchev–Trinajstić information content (AvgIpc) is 2.68. The van der Waals surface area contributed by atoms with E-state index in [0.717, 1.165) is 37.7 Å². The Hall–Kier alpha value is -1.84. The van der Waals surface area contributed by atoms with Crippen molar-refractivity contribution >= 4 is 11.9 Å². The van der Waals surface area contributed by atoms with Crippen molar-refractivity contribution in [2.45, 2.75) is 76.8 Å². The smallest absolute Gasteiger partial charge is 0.397 e. The van der Waals surface area contributed by atoms with Crippen molar-refractivity contribution in [2.24, 2.45) is 0 Å². The van der Waals surface area contributed by atoms with E-state index < -0.39 is 11.9 Å². The maximum atomic E-state index is 13.0.